The Bertz CT molecular complexity index is 896. The summed E-state index contributed by atoms with van der Waals surface area (Å²) < 4.78 is 6.91. The first-order chi connectivity index (χ1) is 12.0. The van der Waals surface area contributed by atoms with Crippen LogP contribution in [0.2, 0.25) is 0 Å². The number of aryl methyl sites for hydroxylation is 2. The smallest absolute Gasteiger partial charge is 0.311 e. The summed E-state index contributed by atoms with van der Waals surface area (Å²) >= 11 is 2.87. The summed E-state index contributed by atoms with van der Waals surface area (Å²) in [7, 11) is 0. The number of thiazole rings is 2. The number of carbonyl (C=O) groups excluding carboxylic acids is 2. The molecule has 0 unspecified atom stereocenters. The number of imidazole rings is 1. The van der Waals surface area contributed by atoms with Crippen LogP contribution in [0.5, 0.6) is 0 Å². The van der Waals surface area contributed by atoms with E-state index in [0.717, 1.165) is 16.3 Å². The number of amides is 1. The highest BCUT2D eigenvalue weighted by molar-refractivity contribution is 7.15. The molecule has 0 aliphatic heterocycles. The van der Waals surface area contributed by atoms with Crippen molar-refractivity contribution in [2.75, 3.05) is 11.9 Å². The monoisotopic (exact) mass is 378 g/mol. The van der Waals surface area contributed by atoms with Crippen molar-refractivity contribution in [2.45, 2.75) is 33.1 Å². The van der Waals surface area contributed by atoms with Gasteiger partial charge in [0.1, 0.15) is 0 Å². The predicted octanol–water partition coefficient (Wildman–Crippen LogP) is 2.84. The van der Waals surface area contributed by atoms with Crippen molar-refractivity contribution in [1.29, 1.82) is 0 Å². The van der Waals surface area contributed by atoms with Crippen LogP contribution in [-0.4, -0.2) is 32.9 Å². The first kappa shape index (κ1) is 17.6. The second kappa shape index (κ2) is 7.75. The van der Waals surface area contributed by atoms with Crippen LogP contribution in [-0.2, 0) is 27.2 Å². The highest BCUT2D eigenvalue weighted by Gasteiger charge is 2.12. The van der Waals surface area contributed by atoms with Crippen molar-refractivity contribution in [2.24, 2.45) is 0 Å². The Balaban J connectivity index is 1.52. The molecule has 3 heterocycles. The Hall–Kier alpha value is -2.26. The molecule has 0 atom stereocenters. The van der Waals surface area contributed by atoms with Crippen LogP contribution in [0.3, 0.4) is 0 Å². The fourth-order valence-electron chi connectivity index (χ4n) is 2.35. The van der Waals surface area contributed by atoms with Gasteiger partial charge >= 0.3 is 5.97 Å². The Kier molecular flexibility index (Phi) is 5.44. The normalized spacial score (nSPS) is 11.0. The highest BCUT2D eigenvalue weighted by Crippen LogP contribution is 2.19. The topological polar surface area (TPSA) is 85.6 Å². The fourth-order valence-corrected chi connectivity index (χ4v) is 4.03. The number of nitrogens with one attached hydrogen (secondary N) is 1. The summed E-state index contributed by atoms with van der Waals surface area (Å²) in [6.45, 7) is 4.06. The largest absolute Gasteiger partial charge is 0.466 e. The van der Waals surface area contributed by atoms with E-state index >= 15 is 0 Å². The number of nitrogens with zero attached hydrogens (tertiary/aromatic N) is 3. The van der Waals surface area contributed by atoms with Gasteiger partial charge in [0.25, 0.3) is 0 Å². The van der Waals surface area contributed by atoms with Crippen LogP contribution in [0.4, 0.5) is 5.13 Å². The van der Waals surface area contributed by atoms with Crippen LogP contribution in [0.25, 0.3) is 4.96 Å². The van der Waals surface area contributed by atoms with E-state index in [1.165, 1.54) is 11.3 Å². The molecule has 1 N–H and O–H groups in total. The summed E-state index contributed by atoms with van der Waals surface area (Å²) in [5.74, 6) is -0.420. The second-order valence-corrected chi connectivity index (χ2v) is 7.13. The van der Waals surface area contributed by atoms with Gasteiger partial charge in [0.05, 0.1) is 24.4 Å². The van der Waals surface area contributed by atoms with Crippen LogP contribution >= 0.6 is 22.7 Å². The average molecular weight is 378 g/mol. The maximum Gasteiger partial charge on any atom is 0.311 e. The van der Waals surface area contributed by atoms with E-state index in [4.69, 9.17) is 4.74 Å². The molecular formula is C16H18N4O3S2. The van der Waals surface area contributed by atoms with Gasteiger partial charge in [0, 0.05) is 29.1 Å². The van der Waals surface area contributed by atoms with Gasteiger partial charge in [-0.15, -0.1) is 22.7 Å². The van der Waals surface area contributed by atoms with E-state index in [9.17, 15) is 9.59 Å². The minimum absolute atomic E-state index is 0.103. The number of esters is 1. The summed E-state index contributed by atoms with van der Waals surface area (Å²) in [5.41, 5.74) is 2.64. The van der Waals surface area contributed by atoms with Gasteiger partial charge in [-0.1, -0.05) is 0 Å². The third kappa shape index (κ3) is 4.43. The van der Waals surface area contributed by atoms with Gasteiger partial charge in [-0.05, 0) is 20.3 Å². The van der Waals surface area contributed by atoms with Gasteiger partial charge < -0.3 is 10.1 Å². The SMILES string of the molecule is CCOC(=O)Cc1csc(NC(=O)CCc2csc3nc(C)cn23)n1. The summed E-state index contributed by atoms with van der Waals surface area (Å²) in [5, 5.41) is 7.05. The number of hydrogen-bond donors (Lipinski definition) is 1. The Labute approximate surface area is 152 Å². The number of rotatable bonds is 7. The molecule has 1 amide bonds. The lowest BCUT2D eigenvalue weighted by Crippen LogP contribution is -2.13. The van der Waals surface area contributed by atoms with Crippen molar-refractivity contribution < 1.29 is 14.3 Å². The molecule has 0 saturated carbocycles. The fraction of sp³-hybridized carbons (Fsp3) is 0.375. The number of aromatic nitrogens is 3. The summed E-state index contributed by atoms with van der Waals surface area (Å²) in [6, 6.07) is 0. The molecule has 0 spiro atoms. The number of fused-ring (bicyclic) bond motifs is 1. The van der Waals surface area contributed by atoms with Gasteiger partial charge in [0.15, 0.2) is 10.1 Å². The van der Waals surface area contributed by atoms with Crippen molar-refractivity contribution in [1.82, 2.24) is 14.4 Å². The summed E-state index contributed by atoms with van der Waals surface area (Å²) in [6.07, 6.45) is 3.08. The van der Waals surface area contributed by atoms with Gasteiger partial charge in [-0.3, -0.25) is 14.0 Å². The van der Waals surface area contributed by atoms with Crippen LogP contribution in [0.15, 0.2) is 17.0 Å². The minimum atomic E-state index is -0.317. The lowest BCUT2D eigenvalue weighted by Gasteiger charge is -2.02. The van der Waals surface area contributed by atoms with E-state index < -0.39 is 0 Å². The number of ether oxygens (including phenoxy) is 1. The number of anilines is 1. The molecule has 0 aliphatic rings. The molecule has 25 heavy (non-hydrogen) atoms. The highest BCUT2D eigenvalue weighted by atomic mass is 32.1. The Morgan fingerprint density at radius 2 is 2.12 bits per heavy atom. The molecular weight excluding hydrogens is 360 g/mol. The molecule has 3 rings (SSSR count). The van der Waals surface area contributed by atoms with Crippen LogP contribution in [0.1, 0.15) is 30.4 Å². The molecule has 3 aromatic heterocycles. The lowest BCUT2D eigenvalue weighted by atomic mass is 10.2. The standard InChI is InChI=1S/C16H18N4O3S2/c1-3-23-14(22)6-11-8-24-15(18-11)19-13(21)5-4-12-9-25-16-17-10(2)7-20(12)16/h7-9H,3-6H2,1-2H3,(H,18,19,21). The molecule has 0 aromatic carbocycles. The maximum atomic E-state index is 12.1. The first-order valence-electron chi connectivity index (χ1n) is 7.87. The maximum absolute atomic E-state index is 12.1. The van der Waals surface area contributed by atoms with E-state index in [1.807, 2.05) is 22.9 Å². The van der Waals surface area contributed by atoms with Gasteiger partial charge in [0.2, 0.25) is 5.91 Å². The molecule has 3 aromatic rings. The zero-order valence-corrected chi connectivity index (χ0v) is 15.6. The molecule has 7 nitrogen and oxygen atoms in total. The van der Waals surface area contributed by atoms with Crippen molar-refractivity contribution in [3.63, 3.8) is 0 Å². The Morgan fingerprint density at radius 3 is 2.92 bits per heavy atom. The first-order valence-corrected chi connectivity index (χ1v) is 9.63. The summed E-state index contributed by atoms with van der Waals surface area (Å²) in [4.78, 5) is 33.1. The van der Waals surface area contributed by atoms with Gasteiger partial charge in [-0.25, -0.2) is 9.97 Å². The van der Waals surface area contributed by atoms with Crippen molar-refractivity contribution >= 4 is 44.6 Å². The second-order valence-electron chi connectivity index (χ2n) is 5.44. The molecule has 0 radical (unpaired) electrons. The van der Waals surface area contributed by atoms with E-state index in [-0.39, 0.29) is 18.3 Å². The van der Waals surface area contributed by atoms with Crippen LogP contribution < -0.4 is 5.32 Å². The zero-order chi connectivity index (χ0) is 17.8. The van der Waals surface area contributed by atoms with E-state index in [1.54, 1.807) is 23.6 Å². The molecule has 0 saturated heterocycles. The van der Waals surface area contributed by atoms with Crippen LogP contribution in [0, 0.1) is 6.92 Å². The van der Waals surface area contributed by atoms with Crippen molar-refractivity contribution in [3.05, 3.63) is 34.0 Å². The van der Waals surface area contributed by atoms with Crippen molar-refractivity contribution in [3.8, 4) is 0 Å². The number of hydrogen-bond acceptors (Lipinski definition) is 7. The molecule has 0 fully saturated rings. The minimum Gasteiger partial charge on any atom is -0.466 e. The molecule has 0 aliphatic carbocycles. The molecule has 132 valence electrons. The predicted molar refractivity (Wildman–Crippen MR) is 97.2 cm³/mol. The third-order valence-corrected chi connectivity index (χ3v) is 5.14. The van der Waals surface area contributed by atoms with Gasteiger partial charge in [-0.2, -0.15) is 0 Å². The Morgan fingerprint density at radius 1 is 1.28 bits per heavy atom. The average Bonchev–Trinajstić information content (AvgIpc) is 3.22. The third-order valence-electron chi connectivity index (χ3n) is 3.44. The van der Waals surface area contributed by atoms with E-state index in [0.29, 0.717) is 30.3 Å². The quantitative estimate of drug-likeness (QED) is 0.639. The number of carbonyl (C=O) groups is 2. The van der Waals surface area contributed by atoms with E-state index in [2.05, 4.69) is 15.3 Å². The molecule has 0 bridgehead atoms. The molecule has 9 heteroatoms. The zero-order valence-electron chi connectivity index (χ0n) is 13.9. The lowest BCUT2D eigenvalue weighted by molar-refractivity contribution is -0.142.